The Morgan fingerprint density at radius 1 is 0.795 bits per heavy atom. The summed E-state index contributed by atoms with van der Waals surface area (Å²) in [4.78, 5) is 52.6. The van der Waals surface area contributed by atoms with Crippen molar-refractivity contribution in [3.63, 3.8) is 0 Å². The average molecular weight is 531 g/mol. The Balaban J connectivity index is 1.29. The number of carbonyl (C=O) groups is 4. The quantitative estimate of drug-likeness (QED) is 0.201. The molecule has 3 aromatic carbocycles. The number of benzene rings is 3. The zero-order chi connectivity index (χ0) is 27.5. The Morgan fingerprint density at radius 2 is 1.38 bits per heavy atom. The minimum atomic E-state index is -0.718. The van der Waals surface area contributed by atoms with Gasteiger partial charge in [0, 0.05) is 6.42 Å². The van der Waals surface area contributed by atoms with Crippen LogP contribution < -0.4 is 0 Å². The van der Waals surface area contributed by atoms with Gasteiger partial charge in [0.1, 0.15) is 13.2 Å². The topological polar surface area (TPSA) is 102 Å². The maximum Gasteiger partial charge on any atom is 0.416 e. The van der Waals surface area contributed by atoms with Crippen molar-refractivity contribution in [3.8, 4) is 0 Å². The van der Waals surface area contributed by atoms with E-state index < -0.39 is 30.1 Å². The summed E-state index contributed by atoms with van der Waals surface area (Å²) >= 11 is 0. The molecule has 0 saturated carbocycles. The number of nitrogens with zero attached hydrogens (tertiary/aromatic N) is 2. The van der Waals surface area contributed by atoms with Crippen molar-refractivity contribution in [1.29, 1.82) is 0 Å². The lowest BCUT2D eigenvalue weighted by molar-refractivity contribution is -0.149. The Kier molecular flexibility index (Phi) is 9.66. The van der Waals surface area contributed by atoms with Crippen molar-refractivity contribution < 1.29 is 33.4 Å². The largest absolute Gasteiger partial charge is 0.447 e. The van der Waals surface area contributed by atoms with Gasteiger partial charge in [0.2, 0.25) is 5.91 Å². The third kappa shape index (κ3) is 8.16. The van der Waals surface area contributed by atoms with Crippen LogP contribution in [0.25, 0.3) is 0 Å². The van der Waals surface area contributed by atoms with Crippen molar-refractivity contribution >= 4 is 24.1 Å². The number of hydrogen-bond donors (Lipinski definition) is 0. The first-order valence-corrected chi connectivity index (χ1v) is 12.7. The minimum absolute atomic E-state index is 0.0729. The number of imide groups is 1. The number of carbonyl (C=O) groups excluding carboxylic acids is 4. The molecule has 1 aliphatic rings. The highest BCUT2D eigenvalue weighted by atomic mass is 16.6. The van der Waals surface area contributed by atoms with Crippen LogP contribution in [0.4, 0.5) is 9.59 Å². The minimum Gasteiger partial charge on any atom is -0.447 e. The van der Waals surface area contributed by atoms with Gasteiger partial charge in [-0.05, 0) is 23.1 Å². The van der Waals surface area contributed by atoms with Gasteiger partial charge in [-0.1, -0.05) is 91.0 Å². The fourth-order valence-electron chi connectivity index (χ4n) is 4.13. The van der Waals surface area contributed by atoms with Crippen LogP contribution in [-0.2, 0) is 43.4 Å². The number of rotatable bonds is 11. The number of amides is 3. The molecule has 0 spiro atoms. The predicted octanol–water partition coefficient (Wildman–Crippen LogP) is 4.70. The van der Waals surface area contributed by atoms with Crippen LogP contribution in [0.5, 0.6) is 0 Å². The molecule has 0 bridgehead atoms. The van der Waals surface area contributed by atoms with Crippen molar-refractivity contribution in [2.45, 2.75) is 38.5 Å². The third-order valence-corrected chi connectivity index (χ3v) is 6.15. The number of ether oxygens (including phenoxy) is 3. The third-order valence-electron chi connectivity index (χ3n) is 6.15. The summed E-state index contributed by atoms with van der Waals surface area (Å²) in [6.45, 7) is -0.00761. The summed E-state index contributed by atoms with van der Waals surface area (Å²) in [5.41, 5.74) is 2.63. The Labute approximate surface area is 226 Å². The number of esters is 1. The second-order valence-electron chi connectivity index (χ2n) is 9.05. The molecular formula is C30H30N2O7. The molecule has 3 aromatic rings. The van der Waals surface area contributed by atoms with Gasteiger partial charge in [0.05, 0.1) is 19.0 Å². The molecule has 4 rings (SSSR count). The molecule has 9 heteroatoms. The van der Waals surface area contributed by atoms with E-state index >= 15 is 0 Å². The molecule has 0 radical (unpaired) electrons. The molecule has 0 aliphatic carbocycles. The van der Waals surface area contributed by atoms with E-state index in [2.05, 4.69) is 0 Å². The summed E-state index contributed by atoms with van der Waals surface area (Å²) in [7, 11) is 0. The summed E-state index contributed by atoms with van der Waals surface area (Å²) in [5.74, 6) is -1.19. The lowest BCUT2D eigenvalue weighted by Gasteiger charge is -2.22. The van der Waals surface area contributed by atoms with Crippen LogP contribution in [0.3, 0.4) is 0 Å². The van der Waals surface area contributed by atoms with Gasteiger partial charge in [-0.2, -0.15) is 0 Å². The summed E-state index contributed by atoms with van der Waals surface area (Å²) in [6, 6.07) is 27.5. The molecule has 9 nitrogen and oxygen atoms in total. The smallest absolute Gasteiger partial charge is 0.416 e. The molecule has 1 heterocycles. The highest BCUT2D eigenvalue weighted by Gasteiger charge is 2.37. The van der Waals surface area contributed by atoms with E-state index in [4.69, 9.17) is 14.2 Å². The molecule has 0 N–H and O–H groups in total. The molecule has 3 amide bonds. The second-order valence-corrected chi connectivity index (χ2v) is 9.05. The first-order chi connectivity index (χ1) is 19.0. The van der Waals surface area contributed by atoms with E-state index in [1.54, 1.807) is 0 Å². The monoisotopic (exact) mass is 530 g/mol. The van der Waals surface area contributed by atoms with Gasteiger partial charge in [-0.25, -0.2) is 14.5 Å². The normalized spacial score (nSPS) is 14.4. The van der Waals surface area contributed by atoms with Gasteiger partial charge in [-0.3, -0.25) is 14.5 Å². The van der Waals surface area contributed by atoms with Crippen molar-refractivity contribution in [1.82, 2.24) is 9.80 Å². The van der Waals surface area contributed by atoms with E-state index in [0.717, 1.165) is 21.6 Å². The van der Waals surface area contributed by atoms with Crippen LogP contribution in [0, 0.1) is 0 Å². The highest BCUT2D eigenvalue weighted by molar-refractivity contribution is 5.94. The first kappa shape index (κ1) is 27.4. The van der Waals surface area contributed by atoms with Gasteiger partial charge >= 0.3 is 18.2 Å². The molecule has 1 saturated heterocycles. The van der Waals surface area contributed by atoms with Crippen LogP contribution >= 0.6 is 0 Å². The lowest BCUT2D eigenvalue weighted by Crippen LogP contribution is -2.40. The van der Waals surface area contributed by atoms with E-state index in [-0.39, 0.29) is 39.3 Å². The maximum absolute atomic E-state index is 12.8. The molecule has 39 heavy (non-hydrogen) atoms. The van der Waals surface area contributed by atoms with E-state index in [1.807, 2.05) is 91.0 Å². The molecule has 0 aromatic heterocycles. The zero-order valence-corrected chi connectivity index (χ0v) is 21.4. The van der Waals surface area contributed by atoms with Gasteiger partial charge in [-0.15, -0.1) is 0 Å². The van der Waals surface area contributed by atoms with E-state index in [0.29, 0.717) is 6.42 Å². The standard InChI is InChI=1S/C30H30N2O7/c33-27(32-26(21-38-30(32)36)18-23-10-4-1-5-11-23)16-17-28(34)39-22-31(19-24-12-6-2-7-13-24)29(35)37-20-25-14-8-3-9-15-25/h1-15,26H,16-22H2/t26-/m1/s1. The predicted molar refractivity (Wildman–Crippen MR) is 141 cm³/mol. The molecular weight excluding hydrogens is 500 g/mol. The lowest BCUT2D eigenvalue weighted by atomic mass is 10.1. The van der Waals surface area contributed by atoms with Gasteiger partial charge in [0.25, 0.3) is 0 Å². The van der Waals surface area contributed by atoms with Gasteiger partial charge < -0.3 is 14.2 Å². The molecule has 0 unspecified atom stereocenters. The van der Waals surface area contributed by atoms with Crippen LogP contribution in [0.2, 0.25) is 0 Å². The van der Waals surface area contributed by atoms with Crippen LogP contribution in [0.15, 0.2) is 91.0 Å². The first-order valence-electron chi connectivity index (χ1n) is 12.7. The van der Waals surface area contributed by atoms with E-state index in [1.165, 1.54) is 4.90 Å². The second kappa shape index (κ2) is 13.8. The Morgan fingerprint density at radius 3 is 2.03 bits per heavy atom. The summed E-state index contributed by atoms with van der Waals surface area (Å²) in [6.07, 6.45) is -1.38. The van der Waals surface area contributed by atoms with Crippen molar-refractivity contribution in [2.75, 3.05) is 13.3 Å². The SMILES string of the molecule is O=C(CCC(=O)N1C(=O)OC[C@H]1Cc1ccccc1)OCN(Cc1ccccc1)C(=O)OCc1ccccc1. The van der Waals surface area contributed by atoms with Gasteiger partial charge in [0.15, 0.2) is 6.73 Å². The van der Waals surface area contributed by atoms with Crippen LogP contribution in [0.1, 0.15) is 29.5 Å². The summed E-state index contributed by atoms with van der Waals surface area (Å²) in [5, 5.41) is 0. The highest BCUT2D eigenvalue weighted by Crippen LogP contribution is 2.19. The molecule has 1 aliphatic heterocycles. The zero-order valence-electron chi connectivity index (χ0n) is 21.4. The molecule has 1 fully saturated rings. The van der Waals surface area contributed by atoms with E-state index in [9.17, 15) is 19.2 Å². The fourth-order valence-corrected chi connectivity index (χ4v) is 4.13. The Hall–Kier alpha value is -4.66. The number of cyclic esters (lactones) is 1. The summed E-state index contributed by atoms with van der Waals surface area (Å²) < 4.78 is 15.8. The fraction of sp³-hybridized carbons (Fsp3) is 0.267. The maximum atomic E-state index is 12.8. The van der Waals surface area contributed by atoms with Crippen LogP contribution in [-0.4, -0.2) is 53.2 Å². The number of hydrogen-bond acceptors (Lipinski definition) is 7. The van der Waals surface area contributed by atoms with Crippen molar-refractivity contribution in [3.05, 3.63) is 108 Å². The van der Waals surface area contributed by atoms with Crippen molar-refractivity contribution in [2.24, 2.45) is 0 Å². The molecule has 1 atom stereocenters. The average Bonchev–Trinajstić information content (AvgIpc) is 3.33. The Bertz CT molecular complexity index is 1250. The molecule has 202 valence electrons.